The quantitative estimate of drug-likeness (QED) is 0.430. The number of nitrogens with one attached hydrogen (secondary N) is 3. The summed E-state index contributed by atoms with van der Waals surface area (Å²) < 4.78 is 0.979. The van der Waals surface area contributed by atoms with Crippen molar-refractivity contribution < 1.29 is 14.4 Å². The van der Waals surface area contributed by atoms with Gasteiger partial charge in [-0.25, -0.2) is 0 Å². The van der Waals surface area contributed by atoms with Gasteiger partial charge in [0.2, 0.25) is 5.91 Å². The van der Waals surface area contributed by atoms with Crippen molar-refractivity contribution in [1.82, 2.24) is 10.9 Å². The lowest BCUT2D eigenvalue weighted by molar-refractivity contribution is -0.120. The fraction of sp³-hybridized carbons (Fsp3) is 0.318. The number of carbonyl (C=O) groups is 3. The monoisotopic (exact) mass is 505 g/mol. The van der Waals surface area contributed by atoms with Crippen LogP contribution in [0.4, 0.5) is 5.69 Å². The third kappa shape index (κ3) is 5.79. The Kier molecular flexibility index (Phi) is 7.24. The predicted octanol–water partition coefficient (Wildman–Crippen LogP) is 4.19. The highest BCUT2D eigenvalue weighted by molar-refractivity contribution is 14.1. The number of hydrogen-bond acceptors (Lipinski definition) is 3. The van der Waals surface area contributed by atoms with Gasteiger partial charge in [-0.15, -0.1) is 0 Å². The van der Waals surface area contributed by atoms with Gasteiger partial charge in [-0.3, -0.25) is 25.2 Å². The summed E-state index contributed by atoms with van der Waals surface area (Å²) in [6.07, 6.45) is 5.28. The summed E-state index contributed by atoms with van der Waals surface area (Å²) in [5.74, 6) is -0.688. The molecular weight excluding hydrogens is 481 g/mol. The first kappa shape index (κ1) is 21.3. The maximum absolute atomic E-state index is 12.3. The molecule has 29 heavy (non-hydrogen) atoms. The zero-order chi connectivity index (χ0) is 20.8. The van der Waals surface area contributed by atoms with E-state index in [4.69, 9.17) is 0 Å². The first-order chi connectivity index (χ1) is 13.9. The van der Waals surface area contributed by atoms with Crippen LogP contribution in [0.25, 0.3) is 0 Å². The Hall–Kier alpha value is -2.42. The molecule has 3 rings (SSSR count). The molecule has 0 unspecified atom stereocenters. The largest absolute Gasteiger partial charge is 0.326 e. The van der Waals surface area contributed by atoms with Gasteiger partial charge in [-0.05, 0) is 84.3 Å². The predicted molar refractivity (Wildman–Crippen MR) is 120 cm³/mol. The Morgan fingerprint density at radius 3 is 2.07 bits per heavy atom. The lowest BCUT2D eigenvalue weighted by Crippen LogP contribution is -2.41. The zero-order valence-electron chi connectivity index (χ0n) is 16.3. The van der Waals surface area contributed by atoms with Gasteiger partial charge in [0.05, 0.1) is 0 Å². The van der Waals surface area contributed by atoms with Crippen LogP contribution in [0.2, 0.25) is 0 Å². The summed E-state index contributed by atoms with van der Waals surface area (Å²) in [7, 11) is 0. The van der Waals surface area contributed by atoms with Crippen molar-refractivity contribution in [3.05, 3.63) is 62.7 Å². The van der Waals surface area contributed by atoms with E-state index >= 15 is 0 Å². The summed E-state index contributed by atoms with van der Waals surface area (Å²) in [5, 5.41) is 2.92. The van der Waals surface area contributed by atoms with Crippen molar-refractivity contribution >= 4 is 46.0 Å². The first-order valence-electron chi connectivity index (χ1n) is 9.72. The topological polar surface area (TPSA) is 87.3 Å². The molecule has 3 amide bonds. The van der Waals surface area contributed by atoms with Gasteiger partial charge < -0.3 is 5.32 Å². The Labute approximate surface area is 183 Å². The number of carbonyl (C=O) groups excluding carboxylic acids is 3. The fourth-order valence-electron chi connectivity index (χ4n) is 3.31. The number of benzene rings is 2. The second-order valence-electron chi connectivity index (χ2n) is 7.27. The Morgan fingerprint density at radius 2 is 1.45 bits per heavy atom. The highest BCUT2D eigenvalue weighted by Crippen LogP contribution is 2.25. The highest BCUT2D eigenvalue weighted by atomic mass is 127. The summed E-state index contributed by atoms with van der Waals surface area (Å²) in [6.45, 7) is 1.96. The smallest absolute Gasteiger partial charge is 0.269 e. The van der Waals surface area contributed by atoms with Crippen LogP contribution in [0.5, 0.6) is 0 Å². The summed E-state index contributed by atoms with van der Waals surface area (Å²) in [6, 6.07) is 12.0. The van der Waals surface area contributed by atoms with Crippen molar-refractivity contribution in [3.63, 3.8) is 0 Å². The van der Waals surface area contributed by atoms with Crippen LogP contribution in [0.1, 0.15) is 58.4 Å². The van der Waals surface area contributed by atoms with Crippen molar-refractivity contribution in [3.8, 4) is 0 Å². The minimum atomic E-state index is -0.426. The number of halogens is 1. The molecular formula is C22H24IN3O3. The standard InChI is InChI=1S/C22H24IN3O3/c1-14-7-8-17(13-19(14)23)22(29)26-25-21(28)16-9-11-18(12-10-16)24-20(27)15-5-3-2-4-6-15/h7-13,15H,2-6H2,1H3,(H,24,27)(H,25,28)(H,26,29). The van der Waals surface area contributed by atoms with E-state index in [1.165, 1.54) is 6.42 Å². The molecule has 2 aromatic rings. The van der Waals surface area contributed by atoms with Crippen LogP contribution >= 0.6 is 22.6 Å². The lowest BCUT2D eigenvalue weighted by Gasteiger charge is -2.20. The molecule has 0 heterocycles. The first-order valence-corrected chi connectivity index (χ1v) is 10.8. The third-order valence-electron chi connectivity index (χ3n) is 5.11. The van der Waals surface area contributed by atoms with Gasteiger partial charge in [-0.1, -0.05) is 25.3 Å². The van der Waals surface area contributed by atoms with E-state index in [1.54, 1.807) is 36.4 Å². The van der Waals surface area contributed by atoms with E-state index in [0.717, 1.165) is 34.8 Å². The van der Waals surface area contributed by atoms with Crippen LogP contribution in [0.3, 0.4) is 0 Å². The maximum atomic E-state index is 12.3. The maximum Gasteiger partial charge on any atom is 0.269 e. The molecule has 7 heteroatoms. The number of hydrogen-bond donors (Lipinski definition) is 3. The molecule has 1 aliphatic rings. The molecule has 152 valence electrons. The molecule has 1 fully saturated rings. The van der Waals surface area contributed by atoms with E-state index in [2.05, 4.69) is 38.8 Å². The second-order valence-corrected chi connectivity index (χ2v) is 8.44. The zero-order valence-corrected chi connectivity index (χ0v) is 18.4. The van der Waals surface area contributed by atoms with Crippen LogP contribution in [0.15, 0.2) is 42.5 Å². The summed E-state index contributed by atoms with van der Waals surface area (Å²) >= 11 is 2.16. The Morgan fingerprint density at radius 1 is 0.862 bits per heavy atom. The van der Waals surface area contributed by atoms with Crippen molar-refractivity contribution in [2.45, 2.75) is 39.0 Å². The number of rotatable bonds is 4. The molecule has 0 atom stereocenters. The average molecular weight is 505 g/mol. The fourth-order valence-corrected chi connectivity index (χ4v) is 3.82. The highest BCUT2D eigenvalue weighted by Gasteiger charge is 2.21. The van der Waals surface area contributed by atoms with Gasteiger partial charge in [0, 0.05) is 26.3 Å². The van der Waals surface area contributed by atoms with Gasteiger partial charge in [-0.2, -0.15) is 0 Å². The van der Waals surface area contributed by atoms with Gasteiger partial charge in [0.1, 0.15) is 0 Å². The molecule has 0 aliphatic heterocycles. The van der Waals surface area contributed by atoms with Gasteiger partial charge >= 0.3 is 0 Å². The molecule has 0 radical (unpaired) electrons. The van der Waals surface area contributed by atoms with Crippen molar-refractivity contribution in [2.24, 2.45) is 5.92 Å². The molecule has 0 aromatic heterocycles. The number of anilines is 1. The molecule has 6 nitrogen and oxygen atoms in total. The van der Waals surface area contributed by atoms with Crippen molar-refractivity contribution in [1.29, 1.82) is 0 Å². The van der Waals surface area contributed by atoms with E-state index < -0.39 is 5.91 Å². The normalized spacial score (nSPS) is 14.1. The average Bonchev–Trinajstić information content (AvgIpc) is 2.74. The van der Waals surface area contributed by atoms with E-state index in [0.29, 0.717) is 16.8 Å². The van der Waals surface area contributed by atoms with Gasteiger partial charge in [0.25, 0.3) is 11.8 Å². The molecule has 0 saturated heterocycles. The van der Waals surface area contributed by atoms with Crippen molar-refractivity contribution in [2.75, 3.05) is 5.32 Å². The SMILES string of the molecule is Cc1ccc(C(=O)NNC(=O)c2ccc(NC(=O)C3CCCCC3)cc2)cc1I. The van der Waals surface area contributed by atoms with E-state index in [-0.39, 0.29) is 17.7 Å². The number of hydrazine groups is 1. The lowest BCUT2D eigenvalue weighted by atomic mass is 9.88. The molecule has 0 spiro atoms. The molecule has 3 N–H and O–H groups in total. The molecule has 1 aliphatic carbocycles. The minimum Gasteiger partial charge on any atom is -0.326 e. The van der Waals surface area contributed by atoms with E-state index in [1.807, 2.05) is 13.0 Å². The minimum absolute atomic E-state index is 0.0434. The van der Waals surface area contributed by atoms with E-state index in [9.17, 15) is 14.4 Å². The van der Waals surface area contributed by atoms with Crippen LogP contribution in [0, 0.1) is 16.4 Å². The number of aryl methyl sites for hydroxylation is 1. The van der Waals surface area contributed by atoms with Crippen LogP contribution < -0.4 is 16.2 Å². The Balaban J connectivity index is 1.52. The summed E-state index contributed by atoms with van der Waals surface area (Å²) in [4.78, 5) is 36.8. The Bertz CT molecular complexity index is 906. The van der Waals surface area contributed by atoms with Crippen LogP contribution in [-0.2, 0) is 4.79 Å². The van der Waals surface area contributed by atoms with Crippen LogP contribution in [-0.4, -0.2) is 17.7 Å². The molecule has 2 aromatic carbocycles. The van der Waals surface area contributed by atoms with Gasteiger partial charge in [0.15, 0.2) is 0 Å². The molecule has 0 bridgehead atoms. The molecule has 1 saturated carbocycles. The number of amides is 3. The second kappa shape index (κ2) is 9.87. The third-order valence-corrected chi connectivity index (χ3v) is 6.28. The summed E-state index contributed by atoms with van der Waals surface area (Å²) in [5.41, 5.74) is 7.45.